The van der Waals surface area contributed by atoms with Crippen LogP contribution in [0.2, 0.25) is 0 Å². The molecule has 0 saturated heterocycles. The minimum absolute atomic E-state index is 0.117. The lowest BCUT2D eigenvalue weighted by Crippen LogP contribution is -2.05. The van der Waals surface area contributed by atoms with Gasteiger partial charge in [-0.1, -0.05) is 30.3 Å². The zero-order valence-corrected chi connectivity index (χ0v) is 12.0. The first kappa shape index (κ1) is 14.6. The number of hydrogen-bond acceptors (Lipinski definition) is 6. The molecule has 0 unspecified atom stereocenters. The fourth-order valence-corrected chi connectivity index (χ4v) is 1.92. The first-order valence-corrected chi connectivity index (χ1v) is 6.86. The summed E-state index contributed by atoms with van der Waals surface area (Å²) in [5.41, 5.74) is 1.63. The van der Waals surface area contributed by atoms with Crippen LogP contribution in [0.5, 0.6) is 0 Å². The third kappa shape index (κ3) is 3.49. The predicted octanol–water partition coefficient (Wildman–Crippen LogP) is 2.91. The Bertz CT molecular complexity index is 810. The summed E-state index contributed by atoms with van der Waals surface area (Å²) in [5.74, 6) is 0.0515. The number of rotatable bonds is 5. The van der Waals surface area contributed by atoms with Crippen molar-refractivity contribution in [2.75, 3.05) is 0 Å². The van der Waals surface area contributed by atoms with Gasteiger partial charge in [-0.05, 0) is 24.3 Å². The second-order valence-corrected chi connectivity index (χ2v) is 4.68. The molecule has 0 aliphatic heterocycles. The van der Waals surface area contributed by atoms with E-state index in [1.165, 1.54) is 12.1 Å². The van der Waals surface area contributed by atoms with Crippen molar-refractivity contribution < 1.29 is 18.7 Å². The molecule has 6 heteroatoms. The molecule has 114 valence electrons. The lowest BCUT2D eigenvalue weighted by molar-refractivity contribution is 0.0438. The van der Waals surface area contributed by atoms with Gasteiger partial charge in [-0.3, -0.25) is 4.79 Å². The van der Waals surface area contributed by atoms with E-state index in [1.54, 1.807) is 12.1 Å². The van der Waals surface area contributed by atoms with Crippen molar-refractivity contribution in [3.05, 3.63) is 71.6 Å². The van der Waals surface area contributed by atoms with E-state index in [2.05, 4.69) is 10.2 Å². The van der Waals surface area contributed by atoms with Crippen LogP contribution >= 0.6 is 0 Å². The second kappa shape index (κ2) is 6.65. The van der Waals surface area contributed by atoms with Gasteiger partial charge in [0, 0.05) is 11.1 Å². The van der Waals surface area contributed by atoms with Gasteiger partial charge < -0.3 is 9.15 Å². The van der Waals surface area contributed by atoms with E-state index in [9.17, 15) is 9.59 Å². The summed E-state index contributed by atoms with van der Waals surface area (Å²) in [6.45, 7) is -0.117. The fourth-order valence-electron chi connectivity index (χ4n) is 1.92. The number of esters is 1. The largest absolute Gasteiger partial charge is 0.452 e. The SMILES string of the molecule is O=Cc1ccc(C(=O)OCc2nnc(-c3ccccc3)o2)cc1. The Morgan fingerprint density at radius 1 is 1.04 bits per heavy atom. The van der Waals surface area contributed by atoms with Gasteiger partial charge >= 0.3 is 5.97 Å². The second-order valence-electron chi connectivity index (χ2n) is 4.68. The molecule has 1 heterocycles. The average Bonchev–Trinajstić information content (AvgIpc) is 3.09. The van der Waals surface area contributed by atoms with Crippen LogP contribution < -0.4 is 0 Å². The number of benzene rings is 2. The standard InChI is InChI=1S/C17H12N2O4/c20-10-12-6-8-14(9-7-12)17(21)22-11-15-18-19-16(23-15)13-4-2-1-3-5-13/h1-10H,11H2. The van der Waals surface area contributed by atoms with Crippen LogP contribution in [0.1, 0.15) is 26.6 Å². The zero-order chi connectivity index (χ0) is 16.1. The van der Waals surface area contributed by atoms with Gasteiger partial charge in [-0.15, -0.1) is 10.2 Å². The Morgan fingerprint density at radius 2 is 1.78 bits per heavy atom. The van der Waals surface area contributed by atoms with E-state index in [-0.39, 0.29) is 12.5 Å². The lowest BCUT2D eigenvalue weighted by atomic mass is 10.1. The Labute approximate surface area is 131 Å². The van der Waals surface area contributed by atoms with Crippen LogP contribution in [-0.4, -0.2) is 22.5 Å². The van der Waals surface area contributed by atoms with Gasteiger partial charge in [-0.25, -0.2) is 4.79 Å². The molecule has 0 radical (unpaired) electrons. The van der Waals surface area contributed by atoms with E-state index in [0.29, 0.717) is 23.3 Å². The van der Waals surface area contributed by atoms with E-state index < -0.39 is 5.97 Å². The van der Waals surface area contributed by atoms with Gasteiger partial charge in [0.2, 0.25) is 5.89 Å². The highest BCUT2D eigenvalue weighted by atomic mass is 16.5. The van der Waals surface area contributed by atoms with Crippen molar-refractivity contribution in [2.45, 2.75) is 6.61 Å². The average molecular weight is 308 g/mol. The third-order valence-corrected chi connectivity index (χ3v) is 3.10. The highest BCUT2D eigenvalue weighted by Crippen LogP contribution is 2.17. The summed E-state index contributed by atoms with van der Waals surface area (Å²) in [6, 6.07) is 15.4. The summed E-state index contributed by atoms with van der Waals surface area (Å²) in [6.07, 6.45) is 0.707. The van der Waals surface area contributed by atoms with Crippen LogP contribution in [0.3, 0.4) is 0 Å². The molecule has 0 atom stereocenters. The molecule has 0 aliphatic rings. The van der Waals surface area contributed by atoms with Crippen LogP contribution in [-0.2, 0) is 11.3 Å². The van der Waals surface area contributed by atoms with Gasteiger partial charge in [0.25, 0.3) is 5.89 Å². The zero-order valence-electron chi connectivity index (χ0n) is 12.0. The Hall–Kier alpha value is -3.28. The maximum Gasteiger partial charge on any atom is 0.338 e. The molecule has 0 saturated carbocycles. The van der Waals surface area contributed by atoms with Gasteiger partial charge in [0.1, 0.15) is 6.29 Å². The highest BCUT2D eigenvalue weighted by Gasteiger charge is 2.12. The number of aromatic nitrogens is 2. The quantitative estimate of drug-likeness (QED) is 0.532. The molecule has 0 fully saturated rings. The van der Waals surface area contributed by atoms with Gasteiger partial charge in [0.05, 0.1) is 5.56 Å². The predicted molar refractivity (Wildman–Crippen MR) is 80.7 cm³/mol. The summed E-state index contributed by atoms with van der Waals surface area (Å²) in [5, 5.41) is 7.76. The highest BCUT2D eigenvalue weighted by molar-refractivity contribution is 5.90. The van der Waals surface area contributed by atoms with Crippen LogP contribution in [0.25, 0.3) is 11.5 Å². The van der Waals surface area contributed by atoms with Crippen molar-refractivity contribution in [2.24, 2.45) is 0 Å². The molecule has 0 spiro atoms. The molecule has 0 aliphatic carbocycles. The van der Waals surface area contributed by atoms with E-state index >= 15 is 0 Å². The molecule has 3 rings (SSSR count). The molecule has 2 aromatic carbocycles. The normalized spacial score (nSPS) is 10.3. The molecule has 6 nitrogen and oxygen atoms in total. The summed E-state index contributed by atoms with van der Waals surface area (Å²) in [7, 11) is 0. The Kier molecular flexibility index (Phi) is 4.24. The van der Waals surface area contributed by atoms with Crippen LogP contribution in [0, 0.1) is 0 Å². The number of carbonyl (C=O) groups excluding carboxylic acids is 2. The van der Waals surface area contributed by atoms with Crippen LogP contribution in [0.4, 0.5) is 0 Å². The van der Waals surface area contributed by atoms with Crippen molar-refractivity contribution in [1.29, 1.82) is 0 Å². The minimum atomic E-state index is -0.526. The third-order valence-electron chi connectivity index (χ3n) is 3.10. The maximum absolute atomic E-state index is 11.9. The van der Waals surface area contributed by atoms with Gasteiger partial charge in [-0.2, -0.15) is 0 Å². The number of ether oxygens (including phenoxy) is 1. The Morgan fingerprint density at radius 3 is 2.48 bits per heavy atom. The van der Waals surface area contributed by atoms with Crippen molar-refractivity contribution >= 4 is 12.3 Å². The lowest BCUT2D eigenvalue weighted by Gasteiger charge is -2.02. The molecular weight excluding hydrogens is 296 g/mol. The number of carbonyl (C=O) groups is 2. The molecule has 1 aromatic heterocycles. The number of aldehydes is 1. The Balaban J connectivity index is 1.63. The first-order chi connectivity index (χ1) is 11.3. The monoisotopic (exact) mass is 308 g/mol. The molecule has 0 amide bonds. The van der Waals surface area contributed by atoms with E-state index in [1.807, 2.05) is 30.3 Å². The molecular formula is C17H12N2O4. The minimum Gasteiger partial charge on any atom is -0.452 e. The summed E-state index contributed by atoms with van der Waals surface area (Å²) >= 11 is 0. The van der Waals surface area contributed by atoms with Crippen molar-refractivity contribution in [1.82, 2.24) is 10.2 Å². The van der Waals surface area contributed by atoms with E-state index in [4.69, 9.17) is 9.15 Å². The maximum atomic E-state index is 11.9. The smallest absolute Gasteiger partial charge is 0.338 e. The van der Waals surface area contributed by atoms with Gasteiger partial charge in [0.15, 0.2) is 6.61 Å². The molecule has 23 heavy (non-hydrogen) atoms. The summed E-state index contributed by atoms with van der Waals surface area (Å²) in [4.78, 5) is 22.5. The van der Waals surface area contributed by atoms with Crippen LogP contribution in [0.15, 0.2) is 59.0 Å². The van der Waals surface area contributed by atoms with E-state index in [0.717, 1.165) is 5.56 Å². The van der Waals surface area contributed by atoms with Crippen molar-refractivity contribution in [3.8, 4) is 11.5 Å². The topological polar surface area (TPSA) is 82.3 Å². The summed E-state index contributed by atoms with van der Waals surface area (Å²) < 4.78 is 10.6. The first-order valence-electron chi connectivity index (χ1n) is 6.86. The molecule has 3 aromatic rings. The van der Waals surface area contributed by atoms with Crippen molar-refractivity contribution in [3.63, 3.8) is 0 Å². The molecule has 0 N–H and O–H groups in total. The number of hydrogen-bond donors (Lipinski definition) is 0. The fraction of sp³-hybridized carbons (Fsp3) is 0.0588. The molecule has 0 bridgehead atoms. The number of nitrogens with zero attached hydrogens (tertiary/aromatic N) is 2.